The minimum Gasteiger partial charge on any atom is -0.494 e. The fourth-order valence-corrected chi connectivity index (χ4v) is 1.07. The summed E-state index contributed by atoms with van der Waals surface area (Å²) in [6.07, 6.45) is 3.01. The predicted octanol–water partition coefficient (Wildman–Crippen LogP) is 2.59. The van der Waals surface area contributed by atoms with Crippen molar-refractivity contribution >= 4 is 5.78 Å². The number of rotatable bonds is 3. The van der Waals surface area contributed by atoms with Gasteiger partial charge in [-0.05, 0) is 31.2 Å². The molecule has 0 unspecified atom stereocenters. The second-order valence-electron chi connectivity index (χ2n) is 2.71. The van der Waals surface area contributed by atoms with Crippen LogP contribution < -0.4 is 4.74 Å². The largest absolute Gasteiger partial charge is 0.494 e. The van der Waals surface area contributed by atoms with E-state index in [0.717, 1.165) is 0 Å². The van der Waals surface area contributed by atoms with E-state index in [-0.39, 0.29) is 11.5 Å². The molecule has 0 bridgehead atoms. The molecule has 0 spiro atoms. The van der Waals surface area contributed by atoms with Gasteiger partial charge in [-0.2, -0.15) is 0 Å². The van der Waals surface area contributed by atoms with Gasteiger partial charge in [0.25, 0.3) is 0 Å². The first-order valence-electron chi connectivity index (χ1n) is 4.19. The number of carbonyl (C=O) groups excluding carboxylic acids is 1. The average Bonchev–Trinajstić information content (AvgIpc) is 2.18. The molecule has 0 heterocycles. The SMILES string of the molecule is C/C=C/C(=O)c1ccc(OC)c(F)c1. The molecular weight excluding hydrogens is 183 g/mol. The Morgan fingerprint density at radius 3 is 2.71 bits per heavy atom. The van der Waals surface area contributed by atoms with E-state index in [1.54, 1.807) is 13.0 Å². The van der Waals surface area contributed by atoms with Crippen molar-refractivity contribution in [3.63, 3.8) is 0 Å². The molecule has 0 aromatic heterocycles. The number of halogens is 1. The Labute approximate surface area is 82.0 Å². The van der Waals surface area contributed by atoms with Crippen LogP contribution in [0, 0.1) is 5.82 Å². The fraction of sp³-hybridized carbons (Fsp3) is 0.182. The molecule has 0 saturated heterocycles. The van der Waals surface area contributed by atoms with E-state index in [2.05, 4.69) is 0 Å². The van der Waals surface area contributed by atoms with Crippen molar-refractivity contribution in [1.82, 2.24) is 0 Å². The zero-order valence-electron chi connectivity index (χ0n) is 8.08. The van der Waals surface area contributed by atoms with Crippen LogP contribution in [0.3, 0.4) is 0 Å². The van der Waals surface area contributed by atoms with E-state index in [4.69, 9.17) is 4.74 Å². The predicted molar refractivity (Wildman–Crippen MR) is 52.1 cm³/mol. The molecule has 2 nitrogen and oxygen atoms in total. The van der Waals surface area contributed by atoms with Gasteiger partial charge in [0, 0.05) is 5.56 Å². The Morgan fingerprint density at radius 2 is 2.21 bits per heavy atom. The summed E-state index contributed by atoms with van der Waals surface area (Å²) in [6, 6.07) is 4.14. The first-order chi connectivity index (χ1) is 6.69. The van der Waals surface area contributed by atoms with Crippen molar-refractivity contribution in [2.75, 3.05) is 7.11 Å². The zero-order valence-corrected chi connectivity index (χ0v) is 8.08. The van der Waals surface area contributed by atoms with Crippen molar-refractivity contribution in [3.05, 3.63) is 41.7 Å². The maximum absolute atomic E-state index is 13.1. The smallest absolute Gasteiger partial charge is 0.185 e. The molecule has 0 radical (unpaired) electrons. The summed E-state index contributed by atoms with van der Waals surface area (Å²) in [5.74, 6) is -0.598. The molecule has 1 aromatic carbocycles. The van der Waals surface area contributed by atoms with E-state index in [1.807, 2.05) is 0 Å². The molecule has 74 valence electrons. The van der Waals surface area contributed by atoms with E-state index in [9.17, 15) is 9.18 Å². The molecule has 0 amide bonds. The van der Waals surface area contributed by atoms with Crippen molar-refractivity contribution in [3.8, 4) is 5.75 Å². The van der Waals surface area contributed by atoms with Gasteiger partial charge in [0.2, 0.25) is 0 Å². The van der Waals surface area contributed by atoms with Crippen molar-refractivity contribution in [1.29, 1.82) is 0 Å². The van der Waals surface area contributed by atoms with Crippen LogP contribution in [0.1, 0.15) is 17.3 Å². The Kier molecular flexibility index (Phi) is 3.40. The number of hydrogen-bond acceptors (Lipinski definition) is 2. The van der Waals surface area contributed by atoms with Crippen molar-refractivity contribution in [2.24, 2.45) is 0 Å². The highest BCUT2D eigenvalue weighted by Crippen LogP contribution is 2.17. The third-order valence-electron chi connectivity index (χ3n) is 1.75. The summed E-state index contributed by atoms with van der Waals surface area (Å²) in [4.78, 5) is 11.3. The molecule has 0 saturated carbocycles. The summed E-state index contributed by atoms with van der Waals surface area (Å²) in [5, 5.41) is 0. The van der Waals surface area contributed by atoms with Gasteiger partial charge in [0.1, 0.15) is 0 Å². The lowest BCUT2D eigenvalue weighted by Crippen LogP contribution is -1.96. The first-order valence-corrected chi connectivity index (χ1v) is 4.19. The quantitative estimate of drug-likeness (QED) is 0.546. The minimum absolute atomic E-state index is 0.141. The molecule has 1 rings (SSSR count). The Bertz CT molecular complexity index is 370. The second kappa shape index (κ2) is 4.56. The molecule has 0 aliphatic carbocycles. The van der Waals surface area contributed by atoms with Gasteiger partial charge in [-0.15, -0.1) is 0 Å². The Morgan fingerprint density at radius 1 is 1.50 bits per heavy atom. The molecule has 14 heavy (non-hydrogen) atoms. The topological polar surface area (TPSA) is 26.3 Å². The number of hydrogen-bond donors (Lipinski definition) is 0. The average molecular weight is 194 g/mol. The van der Waals surface area contributed by atoms with E-state index in [1.165, 1.54) is 31.4 Å². The molecule has 1 aromatic rings. The maximum atomic E-state index is 13.1. The molecule has 0 aliphatic rings. The Hall–Kier alpha value is -1.64. The van der Waals surface area contributed by atoms with E-state index in [0.29, 0.717) is 5.56 Å². The number of allylic oxidation sites excluding steroid dienone is 2. The van der Waals surface area contributed by atoms with E-state index >= 15 is 0 Å². The number of methoxy groups -OCH3 is 1. The lowest BCUT2D eigenvalue weighted by atomic mass is 10.1. The van der Waals surface area contributed by atoms with Gasteiger partial charge in [-0.3, -0.25) is 4.79 Å². The van der Waals surface area contributed by atoms with Crippen LogP contribution in [0.25, 0.3) is 0 Å². The number of ketones is 1. The second-order valence-corrected chi connectivity index (χ2v) is 2.71. The molecule has 3 heteroatoms. The highest BCUT2D eigenvalue weighted by molar-refractivity contribution is 6.04. The standard InChI is InChI=1S/C11H11FO2/c1-3-4-10(13)8-5-6-11(14-2)9(12)7-8/h3-7H,1-2H3/b4-3+. The zero-order chi connectivity index (χ0) is 10.6. The van der Waals surface area contributed by atoms with Gasteiger partial charge < -0.3 is 4.74 Å². The summed E-state index contributed by atoms with van der Waals surface area (Å²) >= 11 is 0. The maximum Gasteiger partial charge on any atom is 0.185 e. The highest BCUT2D eigenvalue weighted by atomic mass is 19.1. The van der Waals surface area contributed by atoms with Gasteiger partial charge in [-0.25, -0.2) is 4.39 Å². The van der Waals surface area contributed by atoms with Gasteiger partial charge in [-0.1, -0.05) is 6.08 Å². The van der Waals surface area contributed by atoms with Gasteiger partial charge >= 0.3 is 0 Å². The summed E-state index contributed by atoms with van der Waals surface area (Å²) in [5.41, 5.74) is 0.321. The monoisotopic (exact) mass is 194 g/mol. The molecule has 0 fully saturated rings. The van der Waals surface area contributed by atoms with Crippen LogP contribution in [0.2, 0.25) is 0 Å². The van der Waals surface area contributed by atoms with Crippen LogP contribution >= 0.6 is 0 Å². The highest BCUT2D eigenvalue weighted by Gasteiger charge is 2.06. The van der Waals surface area contributed by atoms with E-state index < -0.39 is 5.82 Å². The lowest BCUT2D eigenvalue weighted by molar-refractivity contribution is 0.104. The summed E-state index contributed by atoms with van der Waals surface area (Å²) < 4.78 is 17.9. The minimum atomic E-state index is -0.525. The van der Waals surface area contributed by atoms with Crippen molar-refractivity contribution in [2.45, 2.75) is 6.92 Å². The van der Waals surface area contributed by atoms with Gasteiger partial charge in [0.15, 0.2) is 17.3 Å². The van der Waals surface area contributed by atoms with Crippen LogP contribution in [0.5, 0.6) is 5.75 Å². The molecule has 0 atom stereocenters. The molecule has 0 aliphatic heterocycles. The van der Waals surface area contributed by atoms with Crippen LogP contribution in [0.15, 0.2) is 30.4 Å². The van der Waals surface area contributed by atoms with Gasteiger partial charge in [0.05, 0.1) is 7.11 Å². The number of benzene rings is 1. The summed E-state index contributed by atoms with van der Waals surface area (Å²) in [6.45, 7) is 1.73. The third-order valence-corrected chi connectivity index (χ3v) is 1.75. The van der Waals surface area contributed by atoms with Crippen molar-refractivity contribution < 1.29 is 13.9 Å². The Balaban J connectivity index is 3.02. The lowest BCUT2D eigenvalue weighted by Gasteiger charge is -2.02. The third kappa shape index (κ3) is 2.19. The molecule has 0 N–H and O–H groups in total. The normalized spacial score (nSPS) is 10.5. The molecular formula is C11H11FO2. The fourth-order valence-electron chi connectivity index (χ4n) is 1.07. The number of carbonyl (C=O) groups is 1. The van der Waals surface area contributed by atoms with Crippen LogP contribution in [-0.4, -0.2) is 12.9 Å². The van der Waals surface area contributed by atoms with Crippen LogP contribution in [-0.2, 0) is 0 Å². The number of ether oxygens (including phenoxy) is 1. The first kappa shape index (κ1) is 10.4. The van der Waals surface area contributed by atoms with Crippen LogP contribution in [0.4, 0.5) is 4.39 Å². The summed E-state index contributed by atoms with van der Waals surface area (Å²) in [7, 11) is 1.38.